The molecule has 0 spiro atoms. The van der Waals surface area contributed by atoms with Crippen molar-refractivity contribution in [3.8, 4) is 0 Å². The van der Waals surface area contributed by atoms with Crippen molar-refractivity contribution in [3.05, 3.63) is 51.9 Å². The Bertz CT molecular complexity index is 616. The van der Waals surface area contributed by atoms with Crippen LogP contribution in [0.4, 0.5) is 13.2 Å². The van der Waals surface area contributed by atoms with Gasteiger partial charge < -0.3 is 5.73 Å². The molecule has 0 saturated carbocycles. The Hall–Kier alpha value is -1.82. The van der Waals surface area contributed by atoms with E-state index in [2.05, 4.69) is 0 Å². The zero-order chi connectivity index (χ0) is 12.6. The number of alkyl halides is 3. The molecule has 0 aliphatic carbocycles. The minimum Gasteiger partial charge on any atom is -0.326 e. The third kappa shape index (κ3) is 2.03. The van der Waals surface area contributed by atoms with Crippen LogP contribution in [-0.2, 0) is 12.7 Å². The summed E-state index contributed by atoms with van der Waals surface area (Å²) < 4.78 is 38.4. The van der Waals surface area contributed by atoms with E-state index in [0.29, 0.717) is 11.1 Å². The molecule has 2 heterocycles. The van der Waals surface area contributed by atoms with Crippen LogP contribution in [-0.4, -0.2) is 4.40 Å². The molecule has 2 aromatic rings. The average Bonchev–Trinajstić information content (AvgIpc) is 2.28. The summed E-state index contributed by atoms with van der Waals surface area (Å²) in [5.41, 5.74) is 5.10. The molecule has 0 radical (unpaired) electrons. The van der Waals surface area contributed by atoms with E-state index in [9.17, 15) is 18.0 Å². The summed E-state index contributed by atoms with van der Waals surface area (Å²) in [6.45, 7) is 0.162. The molecule has 0 bridgehead atoms. The number of fused-ring (bicyclic) bond motifs is 1. The summed E-state index contributed by atoms with van der Waals surface area (Å²) in [7, 11) is 0. The van der Waals surface area contributed by atoms with Crippen molar-refractivity contribution in [2.24, 2.45) is 5.73 Å². The summed E-state index contributed by atoms with van der Waals surface area (Å²) in [6, 6.07) is 4.92. The lowest BCUT2D eigenvalue weighted by atomic mass is 10.1. The van der Waals surface area contributed by atoms with Crippen molar-refractivity contribution in [3.63, 3.8) is 0 Å². The fraction of sp³-hybridized carbons (Fsp3) is 0.182. The van der Waals surface area contributed by atoms with Gasteiger partial charge in [0.25, 0.3) is 5.56 Å². The zero-order valence-electron chi connectivity index (χ0n) is 8.66. The topological polar surface area (TPSA) is 47.5 Å². The zero-order valence-corrected chi connectivity index (χ0v) is 8.66. The smallest absolute Gasteiger partial charge is 0.326 e. The van der Waals surface area contributed by atoms with Crippen LogP contribution in [0.2, 0.25) is 0 Å². The van der Waals surface area contributed by atoms with Crippen LogP contribution in [0, 0.1) is 0 Å². The van der Waals surface area contributed by atoms with Crippen molar-refractivity contribution in [2.45, 2.75) is 12.7 Å². The molecule has 0 aromatic carbocycles. The van der Waals surface area contributed by atoms with Gasteiger partial charge in [0.15, 0.2) is 0 Å². The van der Waals surface area contributed by atoms with Crippen LogP contribution in [0.1, 0.15) is 11.1 Å². The number of halogens is 3. The molecule has 0 aliphatic heterocycles. The van der Waals surface area contributed by atoms with Crippen molar-refractivity contribution in [1.29, 1.82) is 0 Å². The molecule has 0 amide bonds. The number of rotatable bonds is 1. The van der Waals surface area contributed by atoms with Crippen LogP contribution >= 0.6 is 0 Å². The lowest BCUT2D eigenvalue weighted by Gasteiger charge is -2.10. The maximum atomic E-state index is 12.5. The fourth-order valence-corrected chi connectivity index (χ4v) is 1.62. The van der Waals surface area contributed by atoms with Crippen LogP contribution in [0.3, 0.4) is 0 Å². The molecule has 0 fully saturated rings. The SMILES string of the molecule is NCc1ccc(=O)n2cc(C(F)(F)F)ccc12. The third-order valence-corrected chi connectivity index (χ3v) is 2.49. The second-order valence-electron chi connectivity index (χ2n) is 3.57. The molecule has 6 heteroatoms. The lowest BCUT2D eigenvalue weighted by Crippen LogP contribution is -2.17. The largest absolute Gasteiger partial charge is 0.417 e. The van der Waals surface area contributed by atoms with E-state index in [1.54, 1.807) is 0 Å². The molecule has 17 heavy (non-hydrogen) atoms. The van der Waals surface area contributed by atoms with Crippen molar-refractivity contribution < 1.29 is 13.2 Å². The standard InChI is InChI=1S/C11H9F3N2O/c12-11(13,14)8-2-3-9-7(5-15)1-4-10(17)16(9)6-8/h1-4,6H,5,15H2. The number of nitrogens with two attached hydrogens (primary N) is 1. The highest BCUT2D eigenvalue weighted by Gasteiger charge is 2.30. The predicted molar refractivity (Wildman–Crippen MR) is 56.6 cm³/mol. The van der Waals surface area contributed by atoms with Gasteiger partial charge in [-0.1, -0.05) is 6.07 Å². The Balaban J connectivity index is 2.78. The number of aromatic nitrogens is 1. The van der Waals surface area contributed by atoms with Crippen LogP contribution in [0.5, 0.6) is 0 Å². The number of hydrogen-bond donors (Lipinski definition) is 1. The highest BCUT2D eigenvalue weighted by Crippen LogP contribution is 2.29. The van der Waals surface area contributed by atoms with Gasteiger partial charge in [0.05, 0.1) is 11.1 Å². The second kappa shape index (κ2) is 3.89. The maximum Gasteiger partial charge on any atom is 0.417 e. The lowest BCUT2D eigenvalue weighted by molar-refractivity contribution is -0.137. The predicted octanol–water partition coefficient (Wildman–Crippen LogP) is 1.78. The third-order valence-electron chi connectivity index (χ3n) is 2.49. The van der Waals surface area contributed by atoms with Gasteiger partial charge >= 0.3 is 6.18 Å². The van der Waals surface area contributed by atoms with Gasteiger partial charge in [-0.25, -0.2) is 0 Å². The van der Waals surface area contributed by atoms with Gasteiger partial charge in [-0.15, -0.1) is 0 Å². The Kier molecular flexibility index (Phi) is 2.66. The number of nitrogens with zero attached hydrogens (tertiary/aromatic N) is 1. The number of hydrogen-bond acceptors (Lipinski definition) is 2. The van der Waals surface area contributed by atoms with Gasteiger partial charge in [0.1, 0.15) is 0 Å². The minimum atomic E-state index is -4.47. The first kappa shape index (κ1) is 11.7. The number of pyridine rings is 2. The van der Waals surface area contributed by atoms with E-state index < -0.39 is 17.3 Å². The summed E-state index contributed by atoms with van der Waals surface area (Å²) in [5, 5.41) is 0. The van der Waals surface area contributed by atoms with E-state index >= 15 is 0 Å². The monoisotopic (exact) mass is 242 g/mol. The highest BCUT2D eigenvalue weighted by atomic mass is 19.4. The summed E-state index contributed by atoms with van der Waals surface area (Å²) >= 11 is 0. The van der Waals surface area contributed by atoms with Gasteiger partial charge in [-0.2, -0.15) is 13.2 Å². The average molecular weight is 242 g/mol. The Morgan fingerprint density at radius 2 is 1.88 bits per heavy atom. The molecule has 3 nitrogen and oxygen atoms in total. The van der Waals surface area contributed by atoms with Crippen LogP contribution in [0.25, 0.3) is 5.52 Å². The van der Waals surface area contributed by atoms with Crippen molar-refractivity contribution in [1.82, 2.24) is 4.40 Å². The first-order valence-electron chi connectivity index (χ1n) is 4.85. The quantitative estimate of drug-likeness (QED) is 0.828. The molecule has 0 atom stereocenters. The van der Waals surface area contributed by atoms with Gasteiger partial charge in [-0.05, 0) is 17.7 Å². The van der Waals surface area contributed by atoms with E-state index in [1.807, 2.05) is 0 Å². The maximum absolute atomic E-state index is 12.5. The van der Waals surface area contributed by atoms with E-state index in [4.69, 9.17) is 5.73 Å². The van der Waals surface area contributed by atoms with Gasteiger partial charge in [0, 0.05) is 18.8 Å². The molecule has 0 aliphatic rings. The Labute approximate surface area is 94.3 Å². The van der Waals surface area contributed by atoms with Crippen molar-refractivity contribution >= 4 is 5.52 Å². The molecule has 90 valence electrons. The first-order chi connectivity index (χ1) is 7.93. The molecule has 2 rings (SSSR count). The first-order valence-corrected chi connectivity index (χ1v) is 4.85. The van der Waals surface area contributed by atoms with E-state index in [1.165, 1.54) is 18.2 Å². The van der Waals surface area contributed by atoms with Gasteiger partial charge in [-0.3, -0.25) is 9.20 Å². The Morgan fingerprint density at radius 1 is 1.18 bits per heavy atom. The molecule has 0 saturated heterocycles. The van der Waals surface area contributed by atoms with E-state index in [-0.39, 0.29) is 6.54 Å². The van der Waals surface area contributed by atoms with Crippen LogP contribution in [0.15, 0.2) is 35.3 Å². The van der Waals surface area contributed by atoms with Gasteiger partial charge in [0.2, 0.25) is 0 Å². The van der Waals surface area contributed by atoms with Crippen molar-refractivity contribution in [2.75, 3.05) is 0 Å². The molecule has 2 aromatic heterocycles. The molecule has 2 N–H and O–H groups in total. The summed E-state index contributed by atoms with van der Waals surface area (Å²) in [4.78, 5) is 11.5. The fourth-order valence-electron chi connectivity index (χ4n) is 1.62. The minimum absolute atomic E-state index is 0.162. The summed E-state index contributed by atoms with van der Waals surface area (Å²) in [6.07, 6.45) is -3.68. The highest BCUT2D eigenvalue weighted by molar-refractivity contribution is 5.55. The summed E-state index contributed by atoms with van der Waals surface area (Å²) in [5.74, 6) is 0. The normalized spacial score (nSPS) is 12.0. The molecular weight excluding hydrogens is 233 g/mol. The van der Waals surface area contributed by atoms with E-state index in [0.717, 1.165) is 16.7 Å². The van der Waals surface area contributed by atoms with Crippen LogP contribution < -0.4 is 11.3 Å². The second-order valence-corrected chi connectivity index (χ2v) is 3.57. The molecular formula is C11H9F3N2O. The Morgan fingerprint density at radius 3 is 2.47 bits per heavy atom. The molecule has 0 unspecified atom stereocenters.